The van der Waals surface area contributed by atoms with Crippen molar-refractivity contribution in [2.24, 2.45) is 0 Å². The van der Waals surface area contributed by atoms with E-state index in [1.165, 1.54) is 36.8 Å². The molecule has 3 rings (SSSR count). The summed E-state index contributed by atoms with van der Waals surface area (Å²) in [4.78, 5) is 4.06. The number of allylic oxidation sites excluding steroid dienone is 1. The van der Waals surface area contributed by atoms with Gasteiger partial charge in [-0.15, -0.1) is 0 Å². The van der Waals surface area contributed by atoms with Gasteiger partial charge < -0.3 is 0 Å². The van der Waals surface area contributed by atoms with Crippen LogP contribution in [-0.2, 0) is 0 Å². The van der Waals surface area contributed by atoms with E-state index >= 15 is 0 Å². The number of nitrogens with zero attached hydrogens (tertiary/aromatic N) is 1. The minimum absolute atomic E-state index is 0.746. The molecule has 0 spiro atoms. The summed E-state index contributed by atoms with van der Waals surface area (Å²) in [5, 5.41) is 0. The fourth-order valence-corrected chi connectivity index (χ4v) is 2.89. The number of benzene rings is 1. The second-order valence-corrected chi connectivity index (χ2v) is 5.27. The summed E-state index contributed by atoms with van der Waals surface area (Å²) in [7, 11) is 0. The molecule has 0 unspecified atom stereocenters. The molecule has 1 aliphatic rings. The highest BCUT2D eigenvalue weighted by Gasteiger charge is 2.17. The number of aromatic nitrogens is 1. The van der Waals surface area contributed by atoms with E-state index in [1.807, 2.05) is 12.4 Å². The molecule has 2 aromatic rings. The molecule has 1 aromatic carbocycles. The van der Waals surface area contributed by atoms with Gasteiger partial charge >= 0.3 is 0 Å². The normalized spacial score (nSPS) is 19.2. The Bertz CT molecular complexity index is 532. The lowest BCUT2D eigenvalue weighted by Gasteiger charge is -2.24. The van der Waals surface area contributed by atoms with Crippen molar-refractivity contribution < 1.29 is 0 Å². The zero-order chi connectivity index (χ0) is 12.9. The molecule has 0 amide bonds. The summed E-state index contributed by atoms with van der Waals surface area (Å²) in [6.07, 6.45) is 11.1. The molecule has 96 valence electrons. The van der Waals surface area contributed by atoms with Crippen molar-refractivity contribution in [3.63, 3.8) is 0 Å². The molecule has 1 aliphatic carbocycles. The lowest BCUT2D eigenvalue weighted by atomic mass is 9.81. The molecule has 0 atom stereocenters. The molecule has 1 nitrogen and oxygen atoms in total. The molecular weight excluding hydrogens is 230 g/mol. The predicted octanol–water partition coefficient (Wildman–Crippen LogP) is 4.82. The van der Waals surface area contributed by atoms with Crippen LogP contribution in [0.4, 0.5) is 0 Å². The van der Waals surface area contributed by atoms with Crippen LogP contribution in [0.5, 0.6) is 0 Å². The molecular formula is C18H19N. The molecule has 1 heteroatoms. The lowest BCUT2D eigenvalue weighted by Crippen LogP contribution is -2.06. The van der Waals surface area contributed by atoms with Gasteiger partial charge in [0.15, 0.2) is 0 Å². The summed E-state index contributed by atoms with van der Waals surface area (Å²) in [6.45, 7) is 0. The van der Waals surface area contributed by atoms with Crippen molar-refractivity contribution in [3.8, 4) is 0 Å². The molecule has 0 radical (unpaired) electrons. The maximum Gasteiger partial charge on any atom is 0.0273 e. The molecule has 1 fully saturated rings. The van der Waals surface area contributed by atoms with E-state index in [1.54, 1.807) is 5.57 Å². The first-order chi connectivity index (χ1) is 9.42. The van der Waals surface area contributed by atoms with Crippen molar-refractivity contribution in [1.82, 2.24) is 4.98 Å². The third kappa shape index (κ3) is 3.11. The van der Waals surface area contributed by atoms with E-state index in [4.69, 9.17) is 0 Å². The van der Waals surface area contributed by atoms with Crippen molar-refractivity contribution in [2.75, 3.05) is 0 Å². The van der Waals surface area contributed by atoms with E-state index in [0.29, 0.717) is 0 Å². The van der Waals surface area contributed by atoms with Crippen molar-refractivity contribution >= 4 is 6.08 Å². The molecule has 0 aliphatic heterocycles. The predicted molar refractivity (Wildman–Crippen MR) is 79.9 cm³/mol. The van der Waals surface area contributed by atoms with Crippen molar-refractivity contribution in [3.05, 3.63) is 71.6 Å². The van der Waals surface area contributed by atoms with Gasteiger partial charge in [0.1, 0.15) is 0 Å². The maximum atomic E-state index is 4.06. The van der Waals surface area contributed by atoms with Crippen LogP contribution in [0, 0.1) is 0 Å². The topological polar surface area (TPSA) is 12.9 Å². The molecule has 0 saturated heterocycles. The van der Waals surface area contributed by atoms with Gasteiger partial charge in [-0.25, -0.2) is 0 Å². The molecule has 19 heavy (non-hydrogen) atoms. The first-order valence-electron chi connectivity index (χ1n) is 7.06. The van der Waals surface area contributed by atoms with Gasteiger partial charge in [-0.05, 0) is 54.9 Å². The summed E-state index contributed by atoms with van der Waals surface area (Å²) in [5.41, 5.74) is 4.37. The molecule has 0 bridgehead atoms. The van der Waals surface area contributed by atoms with Gasteiger partial charge in [-0.3, -0.25) is 4.98 Å². The largest absolute Gasteiger partial charge is 0.265 e. The van der Waals surface area contributed by atoms with E-state index in [0.717, 1.165) is 5.92 Å². The van der Waals surface area contributed by atoms with Gasteiger partial charge in [-0.1, -0.05) is 42.0 Å². The Balaban J connectivity index is 1.65. The van der Waals surface area contributed by atoms with Crippen LogP contribution in [0.2, 0.25) is 0 Å². The highest BCUT2D eigenvalue weighted by molar-refractivity contribution is 5.52. The number of hydrogen-bond acceptors (Lipinski definition) is 1. The average molecular weight is 249 g/mol. The summed E-state index contributed by atoms with van der Waals surface area (Å²) in [6, 6.07) is 15.1. The first kappa shape index (κ1) is 12.2. The summed E-state index contributed by atoms with van der Waals surface area (Å²) < 4.78 is 0. The highest BCUT2D eigenvalue weighted by atomic mass is 14.6. The third-order valence-corrected chi connectivity index (χ3v) is 3.98. The van der Waals surface area contributed by atoms with Crippen LogP contribution in [0.1, 0.15) is 42.7 Å². The second kappa shape index (κ2) is 5.83. The molecule has 1 heterocycles. The fourth-order valence-electron chi connectivity index (χ4n) is 2.89. The minimum atomic E-state index is 0.746. The SMILES string of the molecule is C(=C1CCC(c2ccccc2)CC1)c1ccncc1. The Labute approximate surface area is 115 Å². The quantitative estimate of drug-likeness (QED) is 0.743. The van der Waals surface area contributed by atoms with Crippen LogP contribution in [0.3, 0.4) is 0 Å². The van der Waals surface area contributed by atoms with Crippen LogP contribution < -0.4 is 0 Å². The van der Waals surface area contributed by atoms with Gasteiger partial charge in [0, 0.05) is 12.4 Å². The Morgan fingerprint density at radius 1 is 0.895 bits per heavy atom. The first-order valence-corrected chi connectivity index (χ1v) is 7.06. The van der Waals surface area contributed by atoms with Gasteiger partial charge in [0.05, 0.1) is 0 Å². The van der Waals surface area contributed by atoms with Gasteiger partial charge in [0.2, 0.25) is 0 Å². The van der Waals surface area contributed by atoms with E-state index in [-0.39, 0.29) is 0 Å². The standard InChI is InChI=1S/C18H19N/c1-2-4-17(5-3-1)18-8-6-15(7-9-18)14-16-10-12-19-13-11-16/h1-5,10-14,18H,6-9H2. The fraction of sp³-hybridized carbons (Fsp3) is 0.278. The lowest BCUT2D eigenvalue weighted by molar-refractivity contribution is 0.519. The van der Waals surface area contributed by atoms with Crippen molar-refractivity contribution in [2.45, 2.75) is 31.6 Å². The average Bonchev–Trinajstić information content (AvgIpc) is 2.50. The monoisotopic (exact) mass is 249 g/mol. The number of rotatable bonds is 2. The zero-order valence-corrected chi connectivity index (χ0v) is 11.1. The van der Waals surface area contributed by atoms with Crippen LogP contribution in [-0.4, -0.2) is 4.98 Å². The Morgan fingerprint density at radius 2 is 1.58 bits per heavy atom. The third-order valence-electron chi connectivity index (χ3n) is 3.98. The van der Waals surface area contributed by atoms with Crippen LogP contribution >= 0.6 is 0 Å². The van der Waals surface area contributed by atoms with Gasteiger partial charge in [-0.2, -0.15) is 0 Å². The van der Waals surface area contributed by atoms with E-state index in [9.17, 15) is 0 Å². The Hall–Kier alpha value is -1.89. The Morgan fingerprint density at radius 3 is 2.26 bits per heavy atom. The Kier molecular flexibility index (Phi) is 3.73. The van der Waals surface area contributed by atoms with E-state index < -0.39 is 0 Å². The van der Waals surface area contributed by atoms with Crippen LogP contribution in [0.25, 0.3) is 6.08 Å². The summed E-state index contributed by atoms with van der Waals surface area (Å²) >= 11 is 0. The highest BCUT2D eigenvalue weighted by Crippen LogP contribution is 2.35. The smallest absolute Gasteiger partial charge is 0.0273 e. The number of pyridine rings is 1. The molecule has 1 aromatic heterocycles. The van der Waals surface area contributed by atoms with E-state index in [2.05, 4.69) is 53.5 Å². The number of hydrogen-bond donors (Lipinski definition) is 0. The van der Waals surface area contributed by atoms with Crippen LogP contribution in [0.15, 0.2) is 60.4 Å². The second-order valence-electron chi connectivity index (χ2n) is 5.27. The zero-order valence-electron chi connectivity index (χ0n) is 11.1. The summed E-state index contributed by atoms with van der Waals surface area (Å²) in [5.74, 6) is 0.746. The maximum absolute atomic E-state index is 4.06. The molecule has 0 N–H and O–H groups in total. The van der Waals surface area contributed by atoms with Crippen molar-refractivity contribution in [1.29, 1.82) is 0 Å². The minimum Gasteiger partial charge on any atom is -0.265 e. The van der Waals surface area contributed by atoms with Gasteiger partial charge in [0.25, 0.3) is 0 Å². The molecule has 1 saturated carbocycles.